The highest BCUT2D eigenvalue weighted by Crippen LogP contribution is 2.49. The first kappa shape index (κ1) is 14.2. The Bertz CT molecular complexity index is 665. The Labute approximate surface area is 134 Å². The summed E-state index contributed by atoms with van der Waals surface area (Å²) in [4.78, 5) is 38.6. The van der Waals surface area contributed by atoms with Gasteiger partial charge in [-0.05, 0) is 36.8 Å². The van der Waals surface area contributed by atoms with Gasteiger partial charge in [-0.3, -0.25) is 19.3 Å². The zero-order valence-corrected chi connectivity index (χ0v) is 12.6. The third-order valence-electron chi connectivity index (χ3n) is 5.21. The number of hydrogen-bond acceptors (Lipinski definition) is 3. The van der Waals surface area contributed by atoms with Crippen molar-refractivity contribution in [3.05, 3.63) is 42.5 Å². The van der Waals surface area contributed by atoms with Gasteiger partial charge in [0, 0.05) is 5.69 Å². The Kier molecular flexibility index (Phi) is 3.29. The van der Waals surface area contributed by atoms with Crippen molar-refractivity contribution in [1.29, 1.82) is 0 Å². The number of benzene rings is 1. The lowest BCUT2D eigenvalue weighted by atomic mass is 9.63. The molecule has 5 nitrogen and oxygen atoms in total. The van der Waals surface area contributed by atoms with Crippen molar-refractivity contribution in [1.82, 2.24) is 4.90 Å². The third kappa shape index (κ3) is 2.27. The SMILES string of the molecule is O=C(CN1C(=O)[C@@H]2[C@@H](C1=O)[C@H]1C=C[C@H]2CC1)Nc1ccccc1. The molecule has 4 aliphatic rings. The number of fused-ring (bicyclic) bond motifs is 1. The highest BCUT2D eigenvalue weighted by atomic mass is 16.2. The van der Waals surface area contributed by atoms with Crippen molar-refractivity contribution in [3.8, 4) is 0 Å². The first-order chi connectivity index (χ1) is 11.1. The van der Waals surface area contributed by atoms with Crippen LogP contribution in [0.2, 0.25) is 0 Å². The molecule has 1 aromatic carbocycles. The average Bonchev–Trinajstić information content (AvgIpc) is 2.84. The van der Waals surface area contributed by atoms with Crippen molar-refractivity contribution in [2.24, 2.45) is 23.7 Å². The Morgan fingerprint density at radius 3 is 2.09 bits per heavy atom. The molecule has 0 unspecified atom stereocenters. The van der Waals surface area contributed by atoms with Gasteiger partial charge in [0.25, 0.3) is 0 Å². The van der Waals surface area contributed by atoms with Crippen molar-refractivity contribution in [3.63, 3.8) is 0 Å². The van der Waals surface area contributed by atoms with Crippen molar-refractivity contribution >= 4 is 23.4 Å². The second-order valence-electron chi connectivity index (χ2n) is 6.52. The van der Waals surface area contributed by atoms with Crippen LogP contribution in [0.25, 0.3) is 0 Å². The minimum atomic E-state index is -0.336. The predicted octanol–water partition coefficient (Wildman–Crippen LogP) is 1.82. The van der Waals surface area contributed by atoms with Crippen LogP contribution >= 0.6 is 0 Å². The number of amides is 3. The summed E-state index contributed by atoms with van der Waals surface area (Å²) in [7, 11) is 0. The summed E-state index contributed by atoms with van der Waals surface area (Å²) in [6.45, 7) is -0.195. The lowest BCUT2D eigenvalue weighted by Crippen LogP contribution is -2.38. The Balaban J connectivity index is 1.49. The fraction of sp³-hybridized carbons (Fsp3) is 0.389. The van der Waals surface area contributed by atoms with E-state index in [-0.39, 0.29) is 47.9 Å². The van der Waals surface area contributed by atoms with E-state index in [2.05, 4.69) is 17.5 Å². The number of hydrogen-bond donors (Lipinski definition) is 1. The standard InChI is InChI=1S/C18H18N2O3/c21-14(19-13-4-2-1-3-5-13)10-20-17(22)15-11-6-7-12(9-8-11)16(15)18(20)23/h1-7,11-12,15-16H,8-10H2,(H,19,21)/t11-,12-,15-,16-/m0/s1. The molecule has 4 atom stereocenters. The molecule has 2 bridgehead atoms. The monoisotopic (exact) mass is 310 g/mol. The molecule has 1 aromatic rings. The van der Waals surface area contributed by atoms with Crippen LogP contribution in [0.1, 0.15) is 12.8 Å². The molecule has 0 spiro atoms. The number of anilines is 1. The van der Waals surface area contributed by atoms with Gasteiger partial charge in [-0.2, -0.15) is 0 Å². The Morgan fingerprint density at radius 1 is 1.00 bits per heavy atom. The largest absolute Gasteiger partial charge is 0.325 e. The van der Waals surface area contributed by atoms with E-state index >= 15 is 0 Å². The van der Waals surface area contributed by atoms with Gasteiger partial charge >= 0.3 is 0 Å². The molecular formula is C18H18N2O3. The number of likely N-dealkylation sites (tertiary alicyclic amines) is 1. The third-order valence-corrected chi connectivity index (χ3v) is 5.21. The maximum atomic E-state index is 12.6. The molecule has 1 saturated heterocycles. The van der Waals surface area contributed by atoms with Crippen LogP contribution in [0.15, 0.2) is 42.5 Å². The summed E-state index contributed by atoms with van der Waals surface area (Å²) in [5.74, 6) is -0.889. The van der Waals surface area contributed by atoms with E-state index in [9.17, 15) is 14.4 Å². The molecule has 1 N–H and O–H groups in total. The van der Waals surface area contributed by atoms with Gasteiger partial charge in [0.15, 0.2) is 0 Å². The number of imide groups is 1. The van der Waals surface area contributed by atoms with Gasteiger partial charge in [0.2, 0.25) is 17.7 Å². The normalized spacial score (nSPS) is 31.4. The number of nitrogens with one attached hydrogen (secondary N) is 1. The van der Waals surface area contributed by atoms with Crippen LogP contribution in [0.4, 0.5) is 5.69 Å². The molecule has 118 valence electrons. The number of nitrogens with zero attached hydrogens (tertiary/aromatic N) is 1. The second-order valence-corrected chi connectivity index (χ2v) is 6.52. The summed E-state index contributed by atoms with van der Waals surface area (Å²) in [6.07, 6.45) is 6.08. The average molecular weight is 310 g/mol. The molecule has 1 saturated carbocycles. The van der Waals surface area contributed by atoms with Gasteiger partial charge in [0.05, 0.1) is 11.8 Å². The van der Waals surface area contributed by atoms with Gasteiger partial charge < -0.3 is 5.32 Å². The molecule has 0 aromatic heterocycles. The molecule has 3 amide bonds. The first-order valence-corrected chi connectivity index (χ1v) is 8.03. The van der Waals surface area contributed by atoms with E-state index in [4.69, 9.17) is 0 Å². The van der Waals surface area contributed by atoms with Gasteiger partial charge in [0.1, 0.15) is 6.54 Å². The fourth-order valence-electron chi connectivity index (χ4n) is 4.16. The summed E-state index contributed by atoms with van der Waals surface area (Å²) >= 11 is 0. The number of carbonyl (C=O) groups is 3. The van der Waals surface area contributed by atoms with E-state index in [0.29, 0.717) is 5.69 Å². The van der Waals surface area contributed by atoms with Gasteiger partial charge in [-0.1, -0.05) is 30.4 Å². The van der Waals surface area contributed by atoms with Gasteiger partial charge in [-0.15, -0.1) is 0 Å². The number of allylic oxidation sites excluding steroid dienone is 2. The maximum Gasteiger partial charge on any atom is 0.244 e. The fourth-order valence-corrected chi connectivity index (χ4v) is 4.16. The summed E-state index contributed by atoms with van der Waals surface area (Å²) in [5, 5.41) is 2.73. The zero-order chi connectivity index (χ0) is 16.0. The van der Waals surface area contributed by atoms with Crippen LogP contribution < -0.4 is 5.32 Å². The number of carbonyl (C=O) groups excluding carboxylic acids is 3. The Hall–Kier alpha value is -2.43. The lowest BCUT2D eigenvalue weighted by molar-refractivity contribution is -0.142. The molecule has 3 aliphatic carbocycles. The van der Waals surface area contributed by atoms with E-state index in [1.165, 1.54) is 0 Å². The Morgan fingerprint density at radius 2 is 1.57 bits per heavy atom. The number of rotatable bonds is 3. The van der Waals surface area contributed by atoms with E-state index in [1.807, 2.05) is 18.2 Å². The smallest absolute Gasteiger partial charge is 0.244 e. The van der Waals surface area contributed by atoms with Crippen molar-refractivity contribution in [2.45, 2.75) is 12.8 Å². The van der Waals surface area contributed by atoms with Crippen LogP contribution in [0, 0.1) is 23.7 Å². The molecule has 0 radical (unpaired) electrons. The zero-order valence-electron chi connectivity index (χ0n) is 12.6. The molecule has 5 heteroatoms. The number of para-hydroxylation sites is 1. The maximum absolute atomic E-state index is 12.6. The summed E-state index contributed by atoms with van der Waals surface area (Å²) < 4.78 is 0. The van der Waals surface area contributed by atoms with E-state index < -0.39 is 0 Å². The summed E-state index contributed by atoms with van der Waals surface area (Å²) in [6, 6.07) is 9.04. The molecule has 2 fully saturated rings. The molecule has 5 rings (SSSR count). The molecule has 1 heterocycles. The van der Waals surface area contributed by atoms with Crippen molar-refractivity contribution in [2.75, 3.05) is 11.9 Å². The van der Waals surface area contributed by atoms with E-state index in [0.717, 1.165) is 17.7 Å². The second kappa shape index (κ2) is 5.33. The van der Waals surface area contributed by atoms with Gasteiger partial charge in [-0.25, -0.2) is 0 Å². The first-order valence-electron chi connectivity index (χ1n) is 8.03. The van der Waals surface area contributed by atoms with E-state index in [1.54, 1.807) is 12.1 Å². The lowest BCUT2D eigenvalue weighted by Gasteiger charge is -2.38. The minimum absolute atomic E-state index is 0.156. The highest BCUT2D eigenvalue weighted by Gasteiger charge is 2.56. The molecule has 1 aliphatic heterocycles. The molecular weight excluding hydrogens is 292 g/mol. The highest BCUT2D eigenvalue weighted by molar-refractivity contribution is 6.09. The quantitative estimate of drug-likeness (QED) is 0.684. The van der Waals surface area contributed by atoms with Crippen LogP contribution in [0.3, 0.4) is 0 Å². The minimum Gasteiger partial charge on any atom is -0.325 e. The predicted molar refractivity (Wildman–Crippen MR) is 84.1 cm³/mol. The van der Waals surface area contributed by atoms with Crippen molar-refractivity contribution < 1.29 is 14.4 Å². The van der Waals surface area contributed by atoms with Crippen LogP contribution in [0.5, 0.6) is 0 Å². The topological polar surface area (TPSA) is 66.5 Å². The molecule has 23 heavy (non-hydrogen) atoms. The van der Waals surface area contributed by atoms with Crippen LogP contribution in [-0.4, -0.2) is 29.2 Å². The van der Waals surface area contributed by atoms with Crippen LogP contribution in [-0.2, 0) is 14.4 Å². The summed E-state index contributed by atoms with van der Waals surface area (Å²) in [5.41, 5.74) is 0.663.